The molecule has 0 bridgehead atoms. The molecule has 3 rings (SSSR count). The fraction of sp³-hybridized carbons (Fsp3) is 0.333. The quantitative estimate of drug-likeness (QED) is 0.719. The van der Waals surface area contributed by atoms with Crippen LogP contribution in [0.25, 0.3) is 0 Å². The van der Waals surface area contributed by atoms with E-state index in [0.29, 0.717) is 17.3 Å². The van der Waals surface area contributed by atoms with E-state index in [2.05, 4.69) is 24.5 Å². The van der Waals surface area contributed by atoms with E-state index in [-0.39, 0.29) is 34.1 Å². The topological polar surface area (TPSA) is 92.3 Å². The van der Waals surface area contributed by atoms with Gasteiger partial charge in [-0.1, -0.05) is 26.0 Å². The summed E-state index contributed by atoms with van der Waals surface area (Å²) in [6, 6.07) is 12.2. The van der Waals surface area contributed by atoms with E-state index < -0.39 is 9.84 Å². The van der Waals surface area contributed by atoms with Gasteiger partial charge >= 0.3 is 0 Å². The van der Waals surface area contributed by atoms with Crippen molar-refractivity contribution in [2.24, 2.45) is 0 Å². The van der Waals surface area contributed by atoms with Crippen LogP contribution in [0, 0.1) is 0 Å². The molecule has 0 radical (unpaired) electrons. The van der Waals surface area contributed by atoms with Gasteiger partial charge in [-0.3, -0.25) is 9.59 Å². The highest BCUT2D eigenvalue weighted by molar-refractivity contribution is 8.01. The Morgan fingerprint density at radius 2 is 1.86 bits per heavy atom. The van der Waals surface area contributed by atoms with Crippen LogP contribution in [0.4, 0.5) is 11.4 Å². The maximum Gasteiger partial charge on any atom is 0.237 e. The summed E-state index contributed by atoms with van der Waals surface area (Å²) in [5.41, 5.74) is 2.30. The number of carbonyl (C=O) groups is 2. The first-order valence-electron chi connectivity index (χ1n) is 9.40. The van der Waals surface area contributed by atoms with Gasteiger partial charge in [-0.05, 0) is 48.7 Å². The number of carbonyl (C=O) groups excluding carboxylic acids is 2. The molecular formula is C21H24N2O4S2. The van der Waals surface area contributed by atoms with Gasteiger partial charge in [0.1, 0.15) is 0 Å². The van der Waals surface area contributed by atoms with Crippen LogP contribution in [0.5, 0.6) is 0 Å². The van der Waals surface area contributed by atoms with Crippen molar-refractivity contribution in [3.05, 3.63) is 48.0 Å². The number of benzene rings is 2. The zero-order valence-electron chi connectivity index (χ0n) is 16.6. The van der Waals surface area contributed by atoms with Crippen molar-refractivity contribution < 1.29 is 18.0 Å². The van der Waals surface area contributed by atoms with E-state index in [1.807, 2.05) is 24.3 Å². The molecule has 2 aromatic rings. The minimum atomic E-state index is -3.65. The lowest BCUT2D eigenvalue weighted by Gasteiger charge is -2.21. The van der Waals surface area contributed by atoms with Gasteiger partial charge in [0.05, 0.1) is 21.6 Å². The molecule has 2 amide bonds. The summed E-state index contributed by atoms with van der Waals surface area (Å²) >= 11 is 1.39. The number of hydrogen-bond acceptors (Lipinski definition) is 5. The fourth-order valence-corrected chi connectivity index (χ4v) is 5.09. The van der Waals surface area contributed by atoms with Gasteiger partial charge < -0.3 is 10.6 Å². The highest BCUT2D eigenvalue weighted by atomic mass is 32.2. The van der Waals surface area contributed by atoms with Gasteiger partial charge in [-0.15, -0.1) is 11.8 Å². The summed E-state index contributed by atoms with van der Waals surface area (Å²) in [6.07, 6.45) is -0.149. The molecular weight excluding hydrogens is 408 g/mol. The first-order chi connectivity index (χ1) is 13.7. The molecule has 0 saturated carbocycles. The molecule has 154 valence electrons. The van der Waals surface area contributed by atoms with Crippen LogP contribution in [-0.2, 0) is 19.4 Å². The average Bonchev–Trinajstić information content (AvgIpc) is 2.67. The number of amides is 2. The van der Waals surface area contributed by atoms with Crippen LogP contribution >= 0.6 is 11.8 Å². The Kier molecular flexibility index (Phi) is 6.33. The lowest BCUT2D eigenvalue weighted by Crippen LogP contribution is -2.26. The van der Waals surface area contributed by atoms with Gasteiger partial charge in [0.2, 0.25) is 11.8 Å². The van der Waals surface area contributed by atoms with E-state index in [4.69, 9.17) is 0 Å². The number of hydrogen-bond donors (Lipinski definition) is 2. The molecule has 0 aliphatic carbocycles. The predicted molar refractivity (Wildman–Crippen MR) is 116 cm³/mol. The molecule has 0 aromatic heterocycles. The minimum absolute atomic E-state index is 0.0980. The second-order valence-electron chi connectivity index (χ2n) is 7.30. The van der Waals surface area contributed by atoms with E-state index in [0.717, 1.165) is 10.5 Å². The molecule has 2 N–H and O–H groups in total. The standard InChI is InChI=1S/C21H24N2O4S2/c1-13(2)15-4-6-16(7-5-15)22-20(24)10-11-29(26,27)17-8-9-19-18(12-17)23-21(25)14(3)28-19/h4-9,12-14H,10-11H2,1-3H3,(H,22,24)(H,23,25)/t14-/m1/s1. The van der Waals surface area contributed by atoms with Crippen LogP contribution in [0.15, 0.2) is 52.3 Å². The largest absolute Gasteiger partial charge is 0.326 e. The third kappa shape index (κ3) is 5.19. The summed E-state index contributed by atoms with van der Waals surface area (Å²) in [5.74, 6) is -0.423. The third-order valence-electron chi connectivity index (χ3n) is 4.70. The summed E-state index contributed by atoms with van der Waals surface area (Å²) in [7, 11) is -3.65. The first-order valence-corrected chi connectivity index (χ1v) is 11.9. The molecule has 6 nitrogen and oxygen atoms in total. The van der Waals surface area contributed by atoms with Crippen molar-refractivity contribution in [1.82, 2.24) is 0 Å². The SMILES string of the molecule is CC(C)c1ccc(NC(=O)CCS(=O)(=O)c2ccc3c(c2)NC(=O)[C@@H](C)S3)cc1. The van der Waals surface area contributed by atoms with Gasteiger partial charge in [0, 0.05) is 17.0 Å². The van der Waals surface area contributed by atoms with Crippen molar-refractivity contribution in [2.75, 3.05) is 16.4 Å². The second kappa shape index (κ2) is 8.59. The van der Waals surface area contributed by atoms with Crippen molar-refractivity contribution >= 4 is 44.8 Å². The van der Waals surface area contributed by atoms with Crippen molar-refractivity contribution in [1.29, 1.82) is 0 Å². The van der Waals surface area contributed by atoms with Crippen LogP contribution in [0.1, 0.15) is 38.7 Å². The molecule has 1 aliphatic rings. The summed E-state index contributed by atoms with van der Waals surface area (Å²) in [4.78, 5) is 24.9. The number of fused-ring (bicyclic) bond motifs is 1. The molecule has 1 heterocycles. The number of rotatable bonds is 6. The highest BCUT2D eigenvalue weighted by Crippen LogP contribution is 2.36. The molecule has 0 fully saturated rings. The van der Waals surface area contributed by atoms with Crippen LogP contribution in [0.2, 0.25) is 0 Å². The Morgan fingerprint density at radius 1 is 1.17 bits per heavy atom. The molecule has 1 aliphatic heterocycles. The normalized spacial score (nSPS) is 16.3. The number of thioether (sulfide) groups is 1. The van der Waals surface area contributed by atoms with Gasteiger partial charge in [-0.25, -0.2) is 8.42 Å². The molecule has 1 atom stereocenters. The van der Waals surface area contributed by atoms with Crippen molar-refractivity contribution in [3.63, 3.8) is 0 Å². The minimum Gasteiger partial charge on any atom is -0.326 e. The maximum absolute atomic E-state index is 12.6. The van der Waals surface area contributed by atoms with Crippen LogP contribution < -0.4 is 10.6 Å². The Morgan fingerprint density at radius 3 is 2.52 bits per heavy atom. The van der Waals surface area contributed by atoms with Gasteiger partial charge in [0.15, 0.2) is 9.84 Å². The third-order valence-corrected chi connectivity index (χ3v) is 7.59. The number of sulfone groups is 1. The Hall–Kier alpha value is -2.32. The lowest BCUT2D eigenvalue weighted by molar-refractivity contribution is -0.116. The average molecular weight is 433 g/mol. The fourth-order valence-electron chi connectivity index (χ4n) is 2.90. The molecule has 2 aromatic carbocycles. The summed E-state index contributed by atoms with van der Waals surface area (Å²) in [6.45, 7) is 5.97. The van der Waals surface area contributed by atoms with Crippen molar-refractivity contribution in [3.8, 4) is 0 Å². The monoisotopic (exact) mass is 432 g/mol. The molecule has 0 saturated heterocycles. The summed E-state index contributed by atoms with van der Waals surface area (Å²) < 4.78 is 25.3. The molecule has 0 spiro atoms. The van der Waals surface area contributed by atoms with Crippen LogP contribution in [0.3, 0.4) is 0 Å². The molecule has 0 unspecified atom stereocenters. The zero-order valence-corrected chi connectivity index (χ0v) is 18.2. The molecule has 8 heteroatoms. The second-order valence-corrected chi connectivity index (χ2v) is 10.8. The van der Waals surface area contributed by atoms with E-state index >= 15 is 0 Å². The van der Waals surface area contributed by atoms with E-state index in [9.17, 15) is 18.0 Å². The Balaban J connectivity index is 1.63. The Labute approximate surface area is 175 Å². The number of anilines is 2. The van der Waals surface area contributed by atoms with E-state index in [1.54, 1.807) is 13.0 Å². The van der Waals surface area contributed by atoms with Crippen molar-refractivity contribution in [2.45, 2.75) is 48.2 Å². The maximum atomic E-state index is 12.6. The van der Waals surface area contributed by atoms with E-state index in [1.165, 1.54) is 23.9 Å². The number of nitrogens with one attached hydrogen (secondary N) is 2. The van der Waals surface area contributed by atoms with Gasteiger partial charge in [0.25, 0.3) is 0 Å². The highest BCUT2D eigenvalue weighted by Gasteiger charge is 2.25. The van der Waals surface area contributed by atoms with Gasteiger partial charge in [-0.2, -0.15) is 0 Å². The zero-order chi connectivity index (χ0) is 21.2. The lowest BCUT2D eigenvalue weighted by atomic mass is 10.0. The summed E-state index contributed by atoms with van der Waals surface area (Å²) in [5, 5.41) is 5.24. The van der Waals surface area contributed by atoms with Crippen LogP contribution in [-0.4, -0.2) is 31.2 Å². The first kappa shape index (κ1) is 21.4. The predicted octanol–water partition coefficient (Wildman–Crippen LogP) is 4.05. The smallest absolute Gasteiger partial charge is 0.237 e. The Bertz CT molecular complexity index is 1030. The molecule has 29 heavy (non-hydrogen) atoms.